The molecule has 0 N–H and O–H groups in total. The standard InChI is InChI=1S/C17H20ClN3O2S/c1-12-3-4-14(18)9-15(12)19-5-7-20(8-6-19)16(22)10-21-13(2)11-24-17(21)23/h3-4,9,11H,5-8,10H2,1-2H3. The fourth-order valence-electron chi connectivity index (χ4n) is 2.95. The maximum Gasteiger partial charge on any atom is 0.307 e. The average Bonchev–Trinajstić information content (AvgIpc) is 2.89. The van der Waals surface area contributed by atoms with E-state index in [1.807, 2.05) is 30.0 Å². The molecule has 0 bridgehead atoms. The van der Waals surface area contributed by atoms with E-state index in [1.165, 1.54) is 5.56 Å². The smallest absolute Gasteiger partial charge is 0.307 e. The number of thiazole rings is 1. The van der Waals surface area contributed by atoms with Gasteiger partial charge in [0.15, 0.2) is 0 Å². The highest BCUT2D eigenvalue weighted by molar-refractivity contribution is 7.07. The quantitative estimate of drug-likeness (QED) is 0.839. The molecule has 1 aromatic heterocycles. The van der Waals surface area contributed by atoms with Crippen molar-refractivity contribution in [2.45, 2.75) is 20.4 Å². The predicted octanol–water partition coefficient (Wildman–Crippen LogP) is 2.53. The van der Waals surface area contributed by atoms with Crippen LogP contribution in [0.25, 0.3) is 0 Å². The summed E-state index contributed by atoms with van der Waals surface area (Å²) in [6.45, 7) is 6.89. The molecule has 24 heavy (non-hydrogen) atoms. The van der Waals surface area contributed by atoms with E-state index in [4.69, 9.17) is 11.6 Å². The molecule has 1 aliphatic heterocycles. The molecule has 0 spiro atoms. The van der Waals surface area contributed by atoms with Crippen molar-refractivity contribution < 1.29 is 4.79 Å². The lowest BCUT2D eigenvalue weighted by Crippen LogP contribution is -2.50. The summed E-state index contributed by atoms with van der Waals surface area (Å²) in [5.41, 5.74) is 3.14. The first-order chi connectivity index (χ1) is 11.5. The van der Waals surface area contributed by atoms with Crippen molar-refractivity contribution >= 4 is 34.5 Å². The van der Waals surface area contributed by atoms with E-state index in [-0.39, 0.29) is 17.3 Å². The molecule has 0 saturated carbocycles. The predicted molar refractivity (Wildman–Crippen MR) is 98.3 cm³/mol. The van der Waals surface area contributed by atoms with Gasteiger partial charge in [0.2, 0.25) is 5.91 Å². The van der Waals surface area contributed by atoms with E-state index < -0.39 is 0 Å². The van der Waals surface area contributed by atoms with Crippen molar-refractivity contribution in [2.24, 2.45) is 0 Å². The first-order valence-corrected chi connectivity index (χ1v) is 9.15. The number of halogens is 1. The maximum atomic E-state index is 12.5. The maximum absolute atomic E-state index is 12.5. The Kier molecular flexibility index (Phi) is 4.96. The van der Waals surface area contributed by atoms with E-state index in [0.717, 1.165) is 40.8 Å². The highest BCUT2D eigenvalue weighted by Crippen LogP contribution is 2.25. The molecule has 0 radical (unpaired) electrons. The lowest BCUT2D eigenvalue weighted by atomic mass is 10.1. The summed E-state index contributed by atoms with van der Waals surface area (Å²) in [6.07, 6.45) is 0. The number of piperazine rings is 1. The second kappa shape index (κ2) is 6.99. The largest absolute Gasteiger partial charge is 0.368 e. The molecule has 1 aliphatic rings. The van der Waals surface area contributed by atoms with Crippen molar-refractivity contribution in [3.05, 3.63) is 49.5 Å². The highest BCUT2D eigenvalue weighted by Gasteiger charge is 2.23. The number of nitrogens with zero attached hydrogens (tertiary/aromatic N) is 3. The van der Waals surface area contributed by atoms with Gasteiger partial charge < -0.3 is 9.80 Å². The lowest BCUT2D eigenvalue weighted by Gasteiger charge is -2.37. The zero-order valence-corrected chi connectivity index (χ0v) is 15.4. The summed E-state index contributed by atoms with van der Waals surface area (Å²) in [6, 6.07) is 5.88. The molecule has 3 rings (SSSR count). The minimum absolute atomic E-state index is 0.000987. The van der Waals surface area contributed by atoms with Crippen LogP contribution in [0.5, 0.6) is 0 Å². The van der Waals surface area contributed by atoms with Crippen molar-refractivity contribution in [2.75, 3.05) is 31.1 Å². The molecule has 1 fully saturated rings. The van der Waals surface area contributed by atoms with Crippen LogP contribution in [0.2, 0.25) is 5.02 Å². The number of anilines is 1. The Hall–Kier alpha value is -1.79. The number of aryl methyl sites for hydroxylation is 2. The molecule has 0 aliphatic carbocycles. The molecule has 0 atom stereocenters. The molecule has 128 valence electrons. The first kappa shape index (κ1) is 17.0. The number of carbonyl (C=O) groups is 1. The molecular weight excluding hydrogens is 346 g/mol. The van der Waals surface area contributed by atoms with Gasteiger partial charge in [-0.25, -0.2) is 0 Å². The van der Waals surface area contributed by atoms with E-state index in [0.29, 0.717) is 13.1 Å². The molecule has 1 saturated heterocycles. The third-order valence-electron chi connectivity index (χ3n) is 4.41. The molecule has 5 nitrogen and oxygen atoms in total. The zero-order chi connectivity index (χ0) is 17.3. The van der Waals surface area contributed by atoms with Crippen LogP contribution >= 0.6 is 22.9 Å². The summed E-state index contributed by atoms with van der Waals surface area (Å²) < 4.78 is 1.54. The number of hydrogen-bond donors (Lipinski definition) is 0. The van der Waals surface area contributed by atoms with Gasteiger partial charge in [0.05, 0.1) is 0 Å². The van der Waals surface area contributed by atoms with Gasteiger partial charge in [-0.3, -0.25) is 14.2 Å². The van der Waals surface area contributed by atoms with Crippen LogP contribution in [0, 0.1) is 13.8 Å². The van der Waals surface area contributed by atoms with Crippen LogP contribution in [0.1, 0.15) is 11.3 Å². The summed E-state index contributed by atoms with van der Waals surface area (Å²) in [5.74, 6) is 0.000987. The van der Waals surface area contributed by atoms with Gasteiger partial charge in [0.25, 0.3) is 0 Å². The SMILES string of the molecule is Cc1ccc(Cl)cc1N1CCN(C(=O)Cn2c(C)csc2=O)CC1. The fraction of sp³-hybridized carbons (Fsp3) is 0.412. The number of amides is 1. The number of hydrogen-bond acceptors (Lipinski definition) is 4. The van der Waals surface area contributed by atoms with Crippen LogP contribution in [0.15, 0.2) is 28.4 Å². The van der Waals surface area contributed by atoms with Gasteiger partial charge >= 0.3 is 4.87 Å². The average molecular weight is 366 g/mol. The Bertz CT molecular complexity index is 806. The number of carbonyl (C=O) groups excluding carboxylic acids is 1. The topological polar surface area (TPSA) is 45.5 Å². The van der Waals surface area contributed by atoms with Gasteiger partial charge in [0.1, 0.15) is 6.54 Å². The third-order valence-corrected chi connectivity index (χ3v) is 5.53. The van der Waals surface area contributed by atoms with Gasteiger partial charge in [-0.05, 0) is 31.5 Å². The zero-order valence-electron chi connectivity index (χ0n) is 13.8. The number of benzene rings is 1. The second-order valence-corrected chi connectivity index (χ2v) is 7.28. The lowest BCUT2D eigenvalue weighted by molar-refractivity contribution is -0.132. The first-order valence-electron chi connectivity index (χ1n) is 7.89. The number of rotatable bonds is 3. The van der Waals surface area contributed by atoms with Gasteiger partial charge in [-0.2, -0.15) is 0 Å². The molecule has 2 aromatic rings. The molecule has 2 heterocycles. The Balaban J connectivity index is 1.63. The normalized spacial score (nSPS) is 15.0. The van der Waals surface area contributed by atoms with Crippen molar-refractivity contribution in [1.29, 1.82) is 0 Å². The Morgan fingerprint density at radius 2 is 1.92 bits per heavy atom. The van der Waals surface area contributed by atoms with Crippen molar-refractivity contribution in [3.8, 4) is 0 Å². The summed E-state index contributed by atoms with van der Waals surface area (Å²) in [7, 11) is 0. The van der Waals surface area contributed by atoms with E-state index in [2.05, 4.69) is 11.8 Å². The highest BCUT2D eigenvalue weighted by atomic mass is 35.5. The summed E-state index contributed by atoms with van der Waals surface area (Å²) in [4.78, 5) is 28.2. The van der Waals surface area contributed by atoms with Gasteiger partial charge in [-0.1, -0.05) is 29.0 Å². The van der Waals surface area contributed by atoms with Crippen LogP contribution < -0.4 is 9.77 Å². The van der Waals surface area contributed by atoms with Crippen LogP contribution in [-0.4, -0.2) is 41.6 Å². The van der Waals surface area contributed by atoms with Crippen LogP contribution in [-0.2, 0) is 11.3 Å². The molecule has 7 heteroatoms. The van der Waals surface area contributed by atoms with Crippen LogP contribution in [0.4, 0.5) is 5.69 Å². The van der Waals surface area contributed by atoms with Gasteiger partial charge in [0, 0.05) is 48.0 Å². The number of aromatic nitrogens is 1. The van der Waals surface area contributed by atoms with Gasteiger partial charge in [-0.15, -0.1) is 0 Å². The minimum atomic E-state index is -0.0750. The van der Waals surface area contributed by atoms with E-state index in [1.54, 1.807) is 9.95 Å². The van der Waals surface area contributed by atoms with E-state index >= 15 is 0 Å². The molecule has 0 unspecified atom stereocenters. The molecule has 1 aromatic carbocycles. The van der Waals surface area contributed by atoms with Crippen LogP contribution in [0.3, 0.4) is 0 Å². The minimum Gasteiger partial charge on any atom is -0.368 e. The Morgan fingerprint density at radius 1 is 1.21 bits per heavy atom. The Morgan fingerprint density at radius 3 is 2.54 bits per heavy atom. The molecular formula is C17H20ClN3O2S. The monoisotopic (exact) mass is 365 g/mol. The summed E-state index contributed by atoms with van der Waals surface area (Å²) >= 11 is 7.24. The third kappa shape index (κ3) is 3.49. The van der Waals surface area contributed by atoms with Crippen molar-refractivity contribution in [1.82, 2.24) is 9.47 Å². The Labute approximate surface area is 150 Å². The molecule has 1 amide bonds. The van der Waals surface area contributed by atoms with Crippen molar-refractivity contribution in [3.63, 3.8) is 0 Å². The fourth-order valence-corrected chi connectivity index (χ4v) is 3.85. The second-order valence-electron chi connectivity index (χ2n) is 6.03. The van der Waals surface area contributed by atoms with E-state index in [9.17, 15) is 9.59 Å². The summed E-state index contributed by atoms with van der Waals surface area (Å²) in [5, 5.41) is 2.51.